The zero-order valence-electron chi connectivity index (χ0n) is 17.0. The molecule has 1 aromatic carbocycles. The zero-order chi connectivity index (χ0) is 20.2. The van der Waals surface area contributed by atoms with Gasteiger partial charge in [-0.2, -0.15) is 4.98 Å². The fourth-order valence-corrected chi connectivity index (χ4v) is 4.27. The minimum absolute atomic E-state index is 0.543. The quantitative estimate of drug-likeness (QED) is 0.617. The van der Waals surface area contributed by atoms with Crippen LogP contribution in [0.2, 0.25) is 0 Å². The maximum absolute atomic E-state index is 5.73. The van der Waals surface area contributed by atoms with Crippen LogP contribution in [0.4, 0.5) is 0 Å². The zero-order valence-corrected chi connectivity index (χ0v) is 17.0. The Morgan fingerprint density at radius 3 is 2.93 bits per heavy atom. The van der Waals surface area contributed by atoms with E-state index in [0.29, 0.717) is 25.0 Å². The highest BCUT2D eigenvalue weighted by molar-refractivity contribution is 5.50. The smallest absolute Gasteiger partial charge is 0.259 e. The molecular formula is C23H26N4O3. The van der Waals surface area contributed by atoms with Gasteiger partial charge >= 0.3 is 0 Å². The van der Waals surface area contributed by atoms with Crippen LogP contribution < -0.4 is 9.47 Å². The molecule has 1 saturated heterocycles. The minimum Gasteiger partial charge on any atom is -0.486 e. The molecule has 0 bridgehead atoms. The second-order valence-corrected chi connectivity index (χ2v) is 8.02. The van der Waals surface area contributed by atoms with Gasteiger partial charge in [-0.25, -0.2) is 0 Å². The van der Waals surface area contributed by atoms with Gasteiger partial charge in [0, 0.05) is 31.9 Å². The lowest BCUT2D eigenvalue weighted by molar-refractivity contribution is 0.158. The van der Waals surface area contributed by atoms with Gasteiger partial charge < -0.3 is 14.0 Å². The second-order valence-electron chi connectivity index (χ2n) is 8.02. The van der Waals surface area contributed by atoms with E-state index < -0.39 is 0 Å². The maximum atomic E-state index is 5.73. The summed E-state index contributed by atoms with van der Waals surface area (Å²) in [6, 6.07) is 10.1. The van der Waals surface area contributed by atoms with Gasteiger partial charge in [-0.3, -0.25) is 9.88 Å². The molecule has 0 aliphatic carbocycles. The SMILES string of the molecule is c1cncc(-c2nc(CCC3CCCN(Cc4ccc5c(c4)OCCO5)C3)no2)c1. The van der Waals surface area contributed by atoms with Crippen molar-refractivity contribution in [1.29, 1.82) is 0 Å². The van der Waals surface area contributed by atoms with Crippen LogP contribution in [0.5, 0.6) is 11.5 Å². The van der Waals surface area contributed by atoms with Crippen LogP contribution in [0.3, 0.4) is 0 Å². The van der Waals surface area contributed by atoms with Crippen LogP contribution in [0, 0.1) is 5.92 Å². The van der Waals surface area contributed by atoms with Crippen molar-refractivity contribution in [3.63, 3.8) is 0 Å². The Morgan fingerprint density at radius 1 is 1.10 bits per heavy atom. The number of hydrogen-bond acceptors (Lipinski definition) is 7. The molecule has 4 heterocycles. The summed E-state index contributed by atoms with van der Waals surface area (Å²) >= 11 is 0. The maximum Gasteiger partial charge on any atom is 0.259 e. The Hall–Kier alpha value is -2.93. The molecule has 5 rings (SSSR count). The molecule has 3 aromatic rings. The van der Waals surface area contributed by atoms with Gasteiger partial charge in [-0.15, -0.1) is 0 Å². The third kappa shape index (κ3) is 4.46. The normalized spacial score (nSPS) is 19.0. The summed E-state index contributed by atoms with van der Waals surface area (Å²) in [5, 5.41) is 4.15. The number of benzene rings is 1. The number of piperidine rings is 1. The summed E-state index contributed by atoms with van der Waals surface area (Å²) in [6.07, 6.45) is 7.87. The number of likely N-dealkylation sites (tertiary alicyclic amines) is 1. The molecule has 1 fully saturated rings. The van der Waals surface area contributed by atoms with Crippen LogP contribution in [0.15, 0.2) is 47.2 Å². The molecule has 2 aromatic heterocycles. The van der Waals surface area contributed by atoms with Crippen molar-refractivity contribution in [2.75, 3.05) is 26.3 Å². The highest BCUT2D eigenvalue weighted by Gasteiger charge is 2.22. The van der Waals surface area contributed by atoms with Crippen LogP contribution in [0.1, 0.15) is 30.7 Å². The van der Waals surface area contributed by atoms with Crippen molar-refractivity contribution < 1.29 is 14.0 Å². The standard InChI is InChI=1S/C23H26N4O3/c1-4-19(14-24-9-1)23-25-22(26-30-23)8-6-17-3-2-10-27(15-17)16-18-5-7-20-21(13-18)29-12-11-28-20/h1,4-5,7,9,13-14,17H,2-3,6,8,10-12,15-16H2. The molecule has 2 aliphatic rings. The fraction of sp³-hybridized carbons (Fsp3) is 0.435. The molecule has 156 valence electrons. The third-order valence-corrected chi connectivity index (χ3v) is 5.77. The minimum atomic E-state index is 0.543. The molecule has 7 heteroatoms. The molecule has 30 heavy (non-hydrogen) atoms. The average molecular weight is 406 g/mol. The lowest BCUT2D eigenvalue weighted by atomic mass is 9.93. The van der Waals surface area contributed by atoms with E-state index in [4.69, 9.17) is 14.0 Å². The summed E-state index contributed by atoms with van der Waals surface area (Å²) in [4.78, 5) is 11.2. The van der Waals surface area contributed by atoms with Gasteiger partial charge in [-0.05, 0) is 61.6 Å². The van der Waals surface area contributed by atoms with Gasteiger partial charge in [0.25, 0.3) is 5.89 Å². The number of fused-ring (bicyclic) bond motifs is 1. The summed E-state index contributed by atoms with van der Waals surface area (Å²) in [5.74, 6) is 3.69. The van der Waals surface area contributed by atoms with Crippen molar-refractivity contribution in [3.8, 4) is 23.0 Å². The highest BCUT2D eigenvalue weighted by Crippen LogP contribution is 2.32. The van der Waals surface area contributed by atoms with Crippen LogP contribution in [0.25, 0.3) is 11.5 Å². The Labute approximate surface area is 176 Å². The van der Waals surface area contributed by atoms with Gasteiger partial charge in [0.05, 0.1) is 5.56 Å². The lowest BCUT2D eigenvalue weighted by Gasteiger charge is -2.33. The summed E-state index contributed by atoms with van der Waals surface area (Å²) in [5.41, 5.74) is 2.14. The van der Waals surface area contributed by atoms with E-state index >= 15 is 0 Å². The summed E-state index contributed by atoms with van der Waals surface area (Å²) < 4.78 is 16.8. The molecule has 1 atom stereocenters. The van der Waals surface area contributed by atoms with Crippen molar-refractivity contribution in [1.82, 2.24) is 20.0 Å². The van der Waals surface area contributed by atoms with Crippen LogP contribution in [-0.2, 0) is 13.0 Å². The molecule has 0 amide bonds. The van der Waals surface area contributed by atoms with E-state index in [0.717, 1.165) is 55.4 Å². The van der Waals surface area contributed by atoms with E-state index in [-0.39, 0.29) is 0 Å². The monoisotopic (exact) mass is 406 g/mol. The van der Waals surface area contributed by atoms with Gasteiger partial charge in [0.15, 0.2) is 17.3 Å². The number of rotatable bonds is 6. The number of nitrogens with zero attached hydrogens (tertiary/aromatic N) is 4. The predicted octanol–water partition coefficient (Wildman–Crippen LogP) is 3.75. The number of hydrogen-bond donors (Lipinski definition) is 0. The number of ether oxygens (including phenoxy) is 2. The predicted molar refractivity (Wildman–Crippen MR) is 111 cm³/mol. The number of aryl methyl sites for hydroxylation is 1. The Balaban J connectivity index is 1.15. The first-order chi connectivity index (χ1) is 14.8. The largest absolute Gasteiger partial charge is 0.486 e. The number of pyridine rings is 1. The first-order valence-electron chi connectivity index (χ1n) is 10.7. The topological polar surface area (TPSA) is 73.5 Å². The third-order valence-electron chi connectivity index (χ3n) is 5.77. The molecule has 0 N–H and O–H groups in total. The summed E-state index contributed by atoms with van der Waals surface area (Å²) in [6.45, 7) is 4.44. The van der Waals surface area contributed by atoms with E-state index in [2.05, 4.69) is 32.2 Å². The average Bonchev–Trinajstić information content (AvgIpc) is 3.28. The molecule has 2 aliphatic heterocycles. The van der Waals surface area contributed by atoms with Crippen molar-refractivity contribution in [2.45, 2.75) is 32.2 Å². The Bertz CT molecular complexity index is 976. The van der Waals surface area contributed by atoms with Gasteiger partial charge in [0.2, 0.25) is 0 Å². The molecule has 0 spiro atoms. The summed E-state index contributed by atoms with van der Waals surface area (Å²) in [7, 11) is 0. The Kier molecular flexibility index (Phi) is 5.61. The van der Waals surface area contributed by atoms with Crippen molar-refractivity contribution >= 4 is 0 Å². The molecular weight excluding hydrogens is 380 g/mol. The van der Waals surface area contributed by atoms with Crippen LogP contribution >= 0.6 is 0 Å². The van der Waals surface area contributed by atoms with Crippen molar-refractivity contribution in [2.24, 2.45) is 5.92 Å². The lowest BCUT2D eigenvalue weighted by Crippen LogP contribution is -2.35. The van der Waals surface area contributed by atoms with E-state index in [1.54, 1.807) is 12.4 Å². The van der Waals surface area contributed by atoms with Gasteiger partial charge in [0.1, 0.15) is 13.2 Å². The van der Waals surface area contributed by atoms with E-state index in [1.807, 2.05) is 18.2 Å². The molecule has 1 unspecified atom stereocenters. The first-order valence-corrected chi connectivity index (χ1v) is 10.7. The molecule has 0 saturated carbocycles. The van der Waals surface area contributed by atoms with Gasteiger partial charge in [-0.1, -0.05) is 11.2 Å². The highest BCUT2D eigenvalue weighted by atomic mass is 16.6. The molecule has 0 radical (unpaired) electrons. The number of aromatic nitrogens is 3. The van der Waals surface area contributed by atoms with Crippen LogP contribution in [-0.4, -0.2) is 46.3 Å². The van der Waals surface area contributed by atoms with E-state index in [9.17, 15) is 0 Å². The molecule has 7 nitrogen and oxygen atoms in total. The Morgan fingerprint density at radius 2 is 2.03 bits per heavy atom. The van der Waals surface area contributed by atoms with Crippen molar-refractivity contribution in [3.05, 3.63) is 54.1 Å². The first kappa shape index (κ1) is 19.1. The van der Waals surface area contributed by atoms with E-state index in [1.165, 1.54) is 18.4 Å². The second kappa shape index (κ2) is 8.83. The fourth-order valence-electron chi connectivity index (χ4n) is 4.27.